The molecule has 0 fully saturated rings. The smallest absolute Gasteiger partial charge is 0.236 e. The van der Waals surface area contributed by atoms with Crippen molar-refractivity contribution in [2.45, 2.75) is 18.6 Å². The van der Waals surface area contributed by atoms with Crippen molar-refractivity contribution in [3.05, 3.63) is 71.4 Å². The number of nitrogens with zero attached hydrogens (tertiary/aromatic N) is 4. The summed E-state index contributed by atoms with van der Waals surface area (Å²) in [4.78, 5) is 16.8. The third-order valence-corrected chi connectivity index (χ3v) is 6.36. The Kier molecular flexibility index (Phi) is 6.63. The molecule has 158 valence electrons. The van der Waals surface area contributed by atoms with Crippen LogP contribution in [0.4, 0.5) is 10.8 Å². The maximum absolute atomic E-state index is 12.4. The van der Waals surface area contributed by atoms with Crippen molar-refractivity contribution in [1.82, 2.24) is 19.7 Å². The van der Waals surface area contributed by atoms with Crippen LogP contribution in [0.2, 0.25) is 0 Å². The van der Waals surface area contributed by atoms with Gasteiger partial charge in [-0.2, -0.15) is 0 Å². The molecule has 4 rings (SSSR count). The van der Waals surface area contributed by atoms with Gasteiger partial charge in [0.15, 0.2) is 16.1 Å². The van der Waals surface area contributed by atoms with Gasteiger partial charge in [0.1, 0.15) is 0 Å². The normalized spacial score (nSPS) is 10.8. The zero-order valence-electron chi connectivity index (χ0n) is 17.2. The van der Waals surface area contributed by atoms with E-state index in [1.165, 1.54) is 28.7 Å². The van der Waals surface area contributed by atoms with Gasteiger partial charge in [0.25, 0.3) is 0 Å². The number of thioether (sulfide) groups is 1. The monoisotopic (exact) mass is 450 g/mol. The van der Waals surface area contributed by atoms with Crippen molar-refractivity contribution in [2.75, 3.05) is 16.4 Å². The van der Waals surface area contributed by atoms with Gasteiger partial charge in [-0.3, -0.25) is 4.79 Å². The summed E-state index contributed by atoms with van der Waals surface area (Å²) in [6.07, 6.45) is 0. The molecule has 2 aromatic heterocycles. The highest BCUT2D eigenvalue weighted by atomic mass is 32.2. The van der Waals surface area contributed by atoms with E-state index in [1.807, 2.05) is 59.5 Å². The number of amides is 1. The summed E-state index contributed by atoms with van der Waals surface area (Å²) < 4.78 is 1.90. The van der Waals surface area contributed by atoms with Gasteiger partial charge in [0.05, 0.1) is 18.0 Å². The molecule has 2 aromatic carbocycles. The highest BCUT2D eigenvalue weighted by Crippen LogP contribution is 2.25. The van der Waals surface area contributed by atoms with Crippen LogP contribution in [-0.2, 0) is 18.4 Å². The Balaban J connectivity index is 1.29. The van der Waals surface area contributed by atoms with E-state index < -0.39 is 0 Å². The van der Waals surface area contributed by atoms with Gasteiger partial charge in [-0.25, -0.2) is 4.98 Å². The SMILES string of the molecule is Cc1ccc(NCc2nnc(SCC(=O)Nc3nc(-c4ccccc4)cs3)n2C)cc1. The highest BCUT2D eigenvalue weighted by molar-refractivity contribution is 7.99. The van der Waals surface area contributed by atoms with E-state index in [2.05, 4.69) is 44.9 Å². The second-order valence-electron chi connectivity index (χ2n) is 6.92. The predicted octanol–water partition coefficient (Wildman–Crippen LogP) is 4.59. The van der Waals surface area contributed by atoms with E-state index in [4.69, 9.17) is 0 Å². The van der Waals surface area contributed by atoms with Crippen molar-refractivity contribution >= 4 is 39.8 Å². The highest BCUT2D eigenvalue weighted by Gasteiger charge is 2.13. The number of rotatable bonds is 8. The first-order chi connectivity index (χ1) is 15.1. The molecule has 0 aliphatic carbocycles. The largest absolute Gasteiger partial charge is 0.378 e. The lowest BCUT2D eigenvalue weighted by Crippen LogP contribution is -2.14. The molecule has 0 aliphatic heterocycles. The number of carbonyl (C=O) groups is 1. The summed E-state index contributed by atoms with van der Waals surface area (Å²) in [5.41, 5.74) is 4.13. The van der Waals surface area contributed by atoms with Gasteiger partial charge in [-0.15, -0.1) is 21.5 Å². The van der Waals surface area contributed by atoms with Crippen LogP contribution in [0.25, 0.3) is 11.3 Å². The number of benzene rings is 2. The Bertz CT molecular complexity index is 1150. The van der Waals surface area contributed by atoms with Crippen LogP contribution in [0.1, 0.15) is 11.4 Å². The van der Waals surface area contributed by atoms with Crippen LogP contribution in [0.3, 0.4) is 0 Å². The van der Waals surface area contributed by atoms with Gasteiger partial charge < -0.3 is 15.2 Å². The molecule has 2 heterocycles. The lowest BCUT2D eigenvalue weighted by molar-refractivity contribution is -0.113. The summed E-state index contributed by atoms with van der Waals surface area (Å²) in [5, 5.41) is 17.9. The summed E-state index contributed by atoms with van der Waals surface area (Å²) in [6.45, 7) is 2.61. The summed E-state index contributed by atoms with van der Waals surface area (Å²) in [6, 6.07) is 18.1. The van der Waals surface area contributed by atoms with E-state index in [0.717, 1.165) is 22.8 Å². The minimum atomic E-state index is -0.124. The van der Waals surface area contributed by atoms with Crippen LogP contribution < -0.4 is 10.6 Å². The molecule has 31 heavy (non-hydrogen) atoms. The number of aromatic nitrogens is 4. The van der Waals surface area contributed by atoms with Crippen molar-refractivity contribution in [3.8, 4) is 11.3 Å². The minimum absolute atomic E-state index is 0.124. The standard InChI is InChI=1S/C22H22N6OS2/c1-15-8-10-17(11-9-15)23-12-19-26-27-22(28(19)2)31-14-20(29)25-21-24-18(13-30-21)16-6-4-3-5-7-16/h3-11,13,23H,12,14H2,1-2H3,(H,24,25,29). The third kappa shape index (κ3) is 5.50. The van der Waals surface area contributed by atoms with Crippen LogP contribution >= 0.6 is 23.1 Å². The molecule has 0 unspecified atom stereocenters. The summed E-state index contributed by atoms with van der Waals surface area (Å²) >= 11 is 2.76. The van der Waals surface area contributed by atoms with E-state index in [9.17, 15) is 4.79 Å². The van der Waals surface area contributed by atoms with Gasteiger partial charge in [0.2, 0.25) is 5.91 Å². The number of anilines is 2. The molecule has 0 aliphatic rings. The van der Waals surface area contributed by atoms with Gasteiger partial charge in [0, 0.05) is 23.7 Å². The van der Waals surface area contributed by atoms with E-state index in [0.29, 0.717) is 16.8 Å². The number of aryl methyl sites for hydroxylation is 1. The van der Waals surface area contributed by atoms with Crippen molar-refractivity contribution < 1.29 is 4.79 Å². The first-order valence-electron chi connectivity index (χ1n) is 9.71. The fourth-order valence-corrected chi connectivity index (χ4v) is 4.30. The molecule has 2 N–H and O–H groups in total. The molecular formula is C22H22N6OS2. The molecule has 0 spiro atoms. The number of thiazole rings is 1. The second-order valence-corrected chi connectivity index (χ2v) is 8.72. The Morgan fingerprint density at radius 3 is 2.65 bits per heavy atom. The Labute approximate surface area is 188 Å². The average molecular weight is 451 g/mol. The Morgan fingerprint density at radius 2 is 1.87 bits per heavy atom. The first kappa shape index (κ1) is 21.1. The average Bonchev–Trinajstić information content (AvgIpc) is 3.39. The van der Waals surface area contributed by atoms with E-state index in [-0.39, 0.29) is 11.7 Å². The predicted molar refractivity (Wildman–Crippen MR) is 126 cm³/mol. The van der Waals surface area contributed by atoms with Crippen LogP contribution in [0.5, 0.6) is 0 Å². The molecule has 0 saturated carbocycles. The molecule has 4 aromatic rings. The molecular weight excluding hydrogens is 428 g/mol. The van der Waals surface area contributed by atoms with Gasteiger partial charge >= 0.3 is 0 Å². The van der Waals surface area contributed by atoms with Gasteiger partial charge in [-0.1, -0.05) is 59.8 Å². The first-order valence-corrected chi connectivity index (χ1v) is 11.6. The van der Waals surface area contributed by atoms with Crippen molar-refractivity contribution in [2.24, 2.45) is 7.05 Å². The summed E-state index contributed by atoms with van der Waals surface area (Å²) in [7, 11) is 1.90. The number of carbonyl (C=O) groups excluding carboxylic acids is 1. The molecule has 0 radical (unpaired) electrons. The number of nitrogens with one attached hydrogen (secondary N) is 2. The molecule has 7 nitrogen and oxygen atoms in total. The van der Waals surface area contributed by atoms with Crippen molar-refractivity contribution in [1.29, 1.82) is 0 Å². The van der Waals surface area contributed by atoms with E-state index >= 15 is 0 Å². The third-order valence-electron chi connectivity index (χ3n) is 4.58. The minimum Gasteiger partial charge on any atom is -0.378 e. The lowest BCUT2D eigenvalue weighted by Gasteiger charge is -2.07. The fraction of sp³-hybridized carbons (Fsp3) is 0.182. The lowest BCUT2D eigenvalue weighted by atomic mass is 10.2. The zero-order chi connectivity index (χ0) is 21.6. The maximum atomic E-state index is 12.4. The second kappa shape index (κ2) is 9.76. The molecule has 1 amide bonds. The fourth-order valence-electron chi connectivity index (χ4n) is 2.84. The molecule has 9 heteroatoms. The van der Waals surface area contributed by atoms with Crippen LogP contribution in [0, 0.1) is 6.92 Å². The zero-order valence-corrected chi connectivity index (χ0v) is 18.8. The Morgan fingerprint density at radius 1 is 1.10 bits per heavy atom. The quantitative estimate of drug-likeness (QED) is 0.382. The maximum Gasteiger partial charge on any atom is 0.236 e. The summed E-state index contributed by atoms with van der Waals surface area (Å²) in [5.74, 6) is 0.912. The number of hydrogen-bond donors (Lipinski definition) is 2. The molecule has 0 atom stereocenters. The van der Waals surface area contributed by atoms with Crippen molar-refractivity contribution in [3.63, 3.8) is 0 Å². The number of hydrogen-bond acceptors (Lipinski definition) is 7. The molecule has 0 saturated heterocycles. The van der Waals surface area contributed by atoms with Crippen LogP contribution in [0.15, 0.2) is 65.1 Å². The van der Waals surface area contributed by atoms with E-state index in [1.54, 1.807) is 0 Å². The van der Waals surface area contributed by atoms with Crippen LogP contribution in [-0.4, -0.2) is 31.4 Å². The molecule has 0 bridgehead atoms. The van der Waals surface area contributed by atoms with Gasteiger partial charge in [-0.05, 0) is 19.1 Å². The topological polar surface area (TPSA) is 84.7 Å². The Hall–Kier alpha value is -3.17.